The number of aliphatic carboxylic acids is 1. The second-order valence-corrected chi connectivity index (χ2v) is 10.1. The van der Waals surface area contributed by atoms with E-state index >= 15 is 0 Å². The van der Waals surface area contributed by atoms with Gasteiger partial charge in [0.2, 0.25) is 0 Å². The zero-order valence-electron chi connectivity index (χ0n) is 21.3. The van der Waals surface area contributed by atoms with Crippen molar-refractivity contribution in [2.75, 3.05) is 6.54 Å². The normalized spacial score (nSPS) is 12.6. The number of carboxylic acids is 1. The van der Waals surface area contributed by atoms with Gasteiger partial charge in [-0.25, -0.2) is 0 Å². The lowest BCUT2D eigenvalue weighted by atomic mass is 9.96. The maximum atomic E-state index is 13.0. The summed E-state index contributed by atoms with van der Waals surface area (Å²) in [6, 6.07) is 15.3. The Bertz CT molecular complexity index is 1480. The number of nitrogens with one attached hydrogen (secondary N) is 1. The fourth-order valence-electron chi connectivity index (χ4n) is 4.38. The van der Waals surface area contributed by atoms with E-state index in [9.17, 15) is 22.8 Å². The summed E-state index contributed by atoms with van der Waals surface area (Å²) >= 11 is 6.74. The monoisotopic (exact) mass is 557 g/mol. The van der Waals surface area contributed by atoms with Crippen LogP contribution in [0.5, 0.6) is 0 Å². The van der Waals surface area contributed by atoms with Gasteiger partial charge in [0, 0.05) is 29.3 Å². The third kappa shape index (κ3) is 6.60. The first-order chi connectivity index (χ1) is 18.4. The van der Waals surface area contributed by atoms with Gasteiger partial charge in [-0.2, -0.15) is 18.3 Å². The van der Waals surface area contributed by atoms with E-state index in [2.05, 4.69) is 19.2 Å². The van der Waals surface area contributed by atoms with Crippen LogP contribution in [0.1, 0.15) is 54.2 Å². The number of hydrogen-bond acceptors (Lipinski definition) is 3. The van der Waals surface area contributed by atoms with Gasteiger partial charge in [-0.3, -0.25) is 14.3 Å². The number of amides is 1. The average molecular weight is 558 g/mol. The smallest absolute Gasteiger partial charge is 0.416 e. The Labute approximate surface area is 228 Å². The molecule has 39 heavy (non-hydrogen) atoms. The summed E-state index contributed by atoms with van der Waals surface area (Å²) < 4.78 is 40.8. The zero-order chi connectivity index (χ0) is 28.3. The van der Waals surface area contributed by atoms with Crippen LogP contribution in [0.4, 0.5) is 13.2 Å². The number of carbonyl (C=O) groups is 2. The molecule has 1 aromatic heterocycles. The number of carbonyl (C=O) groups excluding carboxylic acids is 1. The van der Waals surface area contributed by atoms with Crippen LogP contribution < -0.4 is 5.32 Å². The van der Waals surface area contributed by atoms with E-state index in [0.717, 1.165) is 24.1 Å². The van der Waals surface area contributed by atoms with E-state index in [1.807, 2.05) is 23.0 Å². The van der Waals surface area contributed by atoms with Gasteiger partial charge in [-0.1, -0.05) is 55.8 Å². The molecule has 0 radical (unpaired) electrons. The highest BCUT2D eigenvalue weighted by Gasteiger charge is 2.30. The Balaban J connectivity index is 1.63. The van der Waals surface area contributed by atoms with Crippen molar-refractivity contribution in [2.45, 2.75) is 38.9 Å². The summed E-state index contributed by atoms with van der Waals surface area (Å²) in [4.78, 5) is 23.0. The molecule has 1 unspecified atom stereocenters. The molecule has 0 aliphatic heterocycles. The number of hydrogen-bond donors (Lipinski definition) is 2. The Morgan fingerprint density at radius 2 is 1.69 bits per heavy atom. The van der Waals surface area contributed by atoms with E-state index in [0.29, 0.717) is 38.5 Å². The maximum absolute atomic E-state index is 13.0. The molecule has 0 fully saturated rings. The van der Waals surface area contributed by atoms with Crippen LogP contribution in [0.25, 0.3) is 22.0 Å². The summed E-state index contributed by atoms with van der Waals surface area (Å²) in [6.45, 7) is 4.23. The van der Waals surface area contributed by atoms with Crippen molar-refractivity contribution in [1.82, 2.24) is 15.1 Å². The fraction of sp³-hybridized carbons (Fsp3) is 0.276. The number of nitrogens with zero attached hydrogens (tertiary/aromatic N) is 2. The largest absolute Gasteiger partial charge is 0.481 e. The average Bonchev–Trinajstić information content (AvgIpc) is 3.32. The van der Waals surface area contributed by atoms with Gasteiger partial charge >= 0.3 is 12.1 Å². The fourth-order valence-corrected chi connectivity index (χ4v) is 4.70. The summed E-state index contributed by atoms with van der Waals surface area (Å²) in [7, 11) is 0. The van der Waals surface area contributed by atoms with E-state index in [1.165, 1.54) is 12.1 Å². The number of aromatic nitrogens is 2. The molecule has 0 aliphatic rings. The highest BCUT2D eigenvalue weighted by atomic mass is 35.5. The lowest BCUT2D eigenvalue weighted by Crippen LogP contribution is -2.26. The molecule has 204 valence electrons. The number of halogens is 4. The van der Waals surface area contributed by atoms with Crippen LogP contribution in [0.2, 0.25) is 5.02 Å². The number of benzene rings is 3. The zero-order valence-corrected chi connectivity index (χ0v) is 22.1. The van der Waals surface area contributed by atoms with Crippen LogP contribution >= 0.6 is 11.6 Å². The molecule has 0 saturated carbocycles. The van der Waals surface area contributed by atoms with Gasteiger partial charge < -0.3 is 10.4 Å². The van der Waals surface area contributed by atoms with Crippen molar-refractivity contribution in [1.29, 1.82) is 0 Å². The number of carboxylic acid groups (broad SMARTS) is 1. The molecular weight excluding hydrogens is 531 g/mol. The Kier molecular flexibility index (Phi) is 8.30. The van der Waals surface area contributed by atoms with Crippen molar-refractivity contribution in [3.8, 4) is 11.1 Å². The van der Waals surface area contributed by atoms with Crippen molar-refractivity contribution in [2.24, 2.45) is 5.92 Å². The van der Waals surface area contributed by atoms with E-state index in [1.54, 1.807) is 24.3 Å². The molecule has 0 saturated heterocycles. The molecule has 4 rings (SSSR count). The minimum atomic E-state index is -4.42. The van der Waals surface area contributed by atoms with E-state index < -0.39 is 17.7 Å². The van der Waals surface area contributed by atoms with E-state index in [4.69, 9.17) is 21.8 Å². The second kappa shape index (κ2) is 11.5. The highest BCUT2D eigenvalue weighted by molar-refractivity contribution is 6.38. The topological polar surface area (TPSA) is 84.2 Å². The molecule has 1 amide bonds. The van der Waals surface area contributed by atoms with Gasteiger partial charge in [0.25, 0.3) is 5.91 Å². The first-order valence-corrected chi connectivity index (χ1v) is 12.8. The third-order valence-electron chi connectivity index (χ3n) is 6.36. The van der Waals surface area contributed by atoms with Crippen molar-refractivity contribution in [3.63, 3.8) is 0 Å². The summed E-state index contributed by atoms with van der Waals surface area (Å²) in [5.41, 5.74) is 2.45. The van der Waals surface area contributed by atoms with Crippen molar-refractivity contribution >= 4 is 34.4 Å². The van der Waals surface area contributed by atoms with Gasteiger partial charge in [-0.05, 0) is 53.8 Å². The SMILES string of the molecule is CC(C)CC(c1ccc(C(=O)NCCC(=O)O)cc1)n1cc2c(Cl)c(-c3ccc(C(F)(F)F)cc3)ccc2n1. The maximum Gasteiger partial charge on any atom is 0.416 e. The predicted octanol–water partition coefficient (Wildman–Crippen LogP) is 7.22. The second-order valence-electron chi connectivity index (χ2n) is 9.71. The molecular formula is C29H27ClF3N3O3. The first kappa shape index (κ1) is 28.2. The first-order valence-electron chi connectivity index (χ1n) is 12.4. The van der Waals surface area contributed by atoms with Crippen LogP contribution in [-0.4, -0.2) is 33.3 Å². The Hall–Kier alpha value is -3.85. The standard InChI is InChI=1S/C29H27ClF3N3O3/c1-17(2)15-25(19-3-5-20(6-4-19)28(39)34-14-13-26(37)38)36-16-23-24(35-36)12-11-22(27(23)30)18-7-9-21(10-8-18)29(31,32)33/h3-12,16-17,25H,13-15H2,1-2H3,(H,34,39)(H,37,38). The lowest BCUT2D eigenvalue weighted by molar-refractivity contribution is -0.138. The predicted molar refractivity (Wildman–Crippen MR) is 144 cm³/mol. The highest BCUT2D eigenvalue weighted by Crippen LogP contribution is 2.37. The Morgan fingerprint density at radius 3 is 2.28 bits per heavy atom. The minimum absolute atomic E-state index is 0.0426. The molecule has 0 bridgehead atoms. The van der Waals surface area contributed by atoms with Crippen LogP contribution in [-0.2, 0) is 11.0 Å². The van der Waals surface area contributed by atoms with Crippen molar-refractivity contribution in [3.05, 3.63) is 88.6 Å². The molecule has 10 heteroatoms. The van der Waals surface area contributed by atoms with Crippen molar-refractivity contribution < 1.29 is 27.9 Å². The van der Waals surface area contributed by atoms with Crippen LogP contribution in [0.3, 0.4) is 0 Å². The molecule has 0 aliphatic carbocycles. The third-order valence-corrected chi connectivity index (χ3v) is 6.77. The summed E-state index contributed by atoms with van der Waals surface area (Å²) in [6.07, 6.45) is -1.98. The van der Waals surface area contributed by atoms with Gasteiger partial charge in [-0.15, -0.1) is 0 Å². The van der Waals surface area contributed by atoms with Gasteiger partial charge in [0.1, 0.15) is 0 Å². The molecule has 1 atom stereocenters. The number of alkyl halides is 3. The van der Waals surface area contributed by atoms with Gasteiger partial charge in [0.15, 0.2) is 0 Å². The summed E-state index contributed by atoms with van der Waals surface area (Å²) in [5, 5.41) is 17.2. The van der Waals surface area contributed by atoms with E-state index in [-0.39, 0.29) is 24.9 Å². The molecule has 3 aromatic carbocycles. The quantitative estimate of drug-likeness (QED) is 0.228. The number of fused-ring (bicyclic) bond motifs is 1. The minimum Gasteiger partial charge on any atom is -0.481 e. The summed E-state index contributed by atoms with van der Waals surface area (Å²) in [5.74, 6) is -1.02. The molecule has 4 aromatic rings. The van der Waals surface area contributed by atoms with Crippen LogP contribution in [0.15, 0.2) is 66.9 Å². The lowest BCUT2D eigenvalue weighted by Gasteiger charge is -2.20. The molecule has 0 spiro atoms. The van der Waals surface area contributed by atoms with Crippen LogP contribution in [0, 0.1) is 5.92 Å². The van der Waals surface area contributed by atoms with Gasteiger partial charge in [0.05, 0.1) is 28.6 Å². The number of rotatable bonds is 9. The molecule has 1 heterocycles. The molecule has 2 N–H and O–H groups in total. The Morgan fingerprint density at radius 1 is 1.03 bits per heavy atom. The molecule has 6 nitrogen and oxygen atoms in total.